The molecule has 0 spiro atoms. The summed E-state index contributed by atoms with van der Waals surface area (Å²) in [5.74, 6) is -0.684. The first kappa shape index (κ1) is 16.0. The van der Waals surface area contributed by atoms with Gasteiger partial charge in [-0.2, -0.15) is 0 Å². The van der Waals surface area contributed by atoms with E-state index in [1.165, 1.54) is 0 Å². The molecule has 1 aromatic carbocycles. The molecule has 4 nitrogen and oxygen atoms in total. The topological polar surface area (TPSA) is 54.5 Å². The molecule has 0 bridgehead atoms. The molecule has 1 heterocycles. The number of amides is 1. The standard InChI is InChI=1S/C16H23NO3S/c1-16(2,3)21(19,20)12-15(18)17-11-7-10-14(17)13-8-5-4-6-9-13/h4-6,8-9,14H,7,10-12H2,1-3H3. The fourth-order valence-corrected chi connectivity index (χ4v) is 3.47. The van der Waals surface area contributed by atoms with Gasteiger partial charge in [0.15, 0.2) is 9.84 Å². The van der Waals surface area contributed by atoms with Crippen molar-refractivity contribution in [2.45, 2.75) is 44.4 Å². The zero-order valence-electron chi connectivity index (χ0n) is 12.9. The van der Waals surface area contributed by atoms with Crippen LogP contribution in [0.25, 0.3) is 0 Å². The molecule has 116 valence electrons. The summed E-state index contributed by atoms with van der Waals surface area (Å²) in [7, 11) is -3.43. The van der Waals surface area contributed by atoms with Gasteiger partial charge in [0, 0.05) is 6.54 Å². The number of carbonyl (C=O) groups excluding carboxylic acids is 1. The number of carbonyl (C=O) groups is 1. The molecule has 0 radical (unpaired) electrons. The molecule has 1 fully saturated rings. The van der Waals surface area contributed by atoms with Gasteiger partial charge >= 0.3 is 0 Å². The maximum absolute atomic E-state index is 12.4. The minimum atomic E-state index is -3.43. The van der Waals surface area contributed by atoms with Crippen molar-refractivity contribution in [2.75, 3.05) is 12.3 Å². The summed E-state index contributed by atoms with van der Waals surface area (Å²) < 4.78 is 23.5. The monoisotopic (exact) mass is 309 g/mol. The smallest absolute Gasteiger partial charge is 0.238 e. The van der Waals surface area contributed by atoms with Crippen molar-refractivity contribution in [1.29, 1.82) is 0 Å². The summed E-state index contributed by atoms with van der Waals surface area (Å²) in [6.07, 6.45) is 1.81. The Hall–Kier alpha value is -1.36. The number of hydrogen-bond donors (Lipinski definition) is 0. The predicted octanol–water partition coefficient (Wildman–Crippen LogP) is 2.56. The highest BCUT2D eigenvalue weighted by Crippen LogP contribution is 2.32. The molecule has 5 heteroatoms. The van der Waals surface area contributed by atoms with Crippen LogP contribution in [0.3, 0.4) is 0 Å². The van der Waals surface area contributed by atoms with Gasteiger partial charge < -0.3 is 4.90 Å². The van der Waals surface area contributed by atoms with Crippen LogP contribution in [0.4, 0.5) is 0 Å². The largest absolute Gasteiger partial charge is 0.335 e. The molecule has 1 amide bonds. The van der Waals surface area contributed by atoms with Crippen LogP contribution in [0.5, 0.6) is 0 Å². The Morgan fingerprint density at radius 2 is 1.86 bits per heavy atom. The number of hydrogen-bond acceptors (Lipinski definition) is 3. The maximum Gasteiger partial charge on any atom is 0.238 e. The lowest BCUT2D eigenvalue weighted by atomic mass is 10.0. The van der Waals surface area contributed by atoms with Gasteiger partial charge in [-0.05, 0) is 39.2 Å². The predicted molar refractivity (Wildman–Crippen MR) is 83.7 cm³/mol. The molecule has 0 aromatic heterocycles. The first-order valence-corrected chi connectivity index (χ1v) is 8.94. The van der Waals surface area contributed by atoms with E-state index in [1.807, 2.05) is 30.3 Å². The molecular formula is C16H23NO3S. The van der Waals surface area contributed by atoms with Gasteiger partial charge in [0.25, 0.3) is 0 Å². The van der Waals surface area contributed by atoms with Crippen molar-refractivity contribution in [3.05, 3.63) is 35.9 Å². The van der Waals surface area contributed by atoms with Crippen LogP contribution in [-0.4, -0.2) is 36.3 Å². The molecule has 1 saturated heterocycles. The molecule has 1 aliphatic rings. The van der Waals surface area contributed by atoms with E-state index in [1.54, 1.807) is 25.7 Å². The second-order valence-electron chi connectivity index (χ2n) is 6.53. The Bertz CT molecular complexity index is 602. The van der Waals surface area contributed by atoms with Crippen molar-refractivity contribution in [2.24, 2.45) is 0 Å². The molecule has 0 aliphatic carbocycles. The van der Waals surface area contributed by atoms with Crippen molar-refractivity contribution in [3.63, 3.8) is 0 Å². The first-order valence-electron chi connectivity index (χ1n) is 7.29. The average molecular weight is 309 g/mol. The average Bonchev–Trinajstić information content (AvgIpc) is 2.87. The summed E-state index contributed by atoms with van der Waals surface area (Å²) in [4.78, 5) is 14.2. The van der Waals surface area contributed by atoms with E-state index < -0.39 is 20.3 Å². The van der Waals surface area contributed by atoms with Gasteiger partial charge in [0.1, 0.15) is 5.75 Å². The normalized spacial score (nSPS) is 19.8. The van der Waals surface area contributed by atoms with Crippen LogP contribution in [0.15, 0.2) is 30.3 Å². The zero-order chi connectivity index (χ0) is 15.7. The zero-order valence-corrected chi connectivity index (χ0v) is 13.7. The van der Waals surface area contributed by atoms with Crippen LogP contribution >= 0.6 is 0 Å². The highest BCUT2D eigenvalue weighted by atomic mass is 32.2. The van der Waals surface area contributed by atoms with E-state index in [0.717, 1.165) is 18.4 Å². The Labute approximate surface area is 127 Å². The Kier molecular flexibility index (Phi) is 4.42. The van der Waals surface area contributed by atoms with Crippen molar-refractivity contribution in [3.8, 4) is 0 Å². The molecule has 1 aliphatic heterocycles. The van der Waals surface area contributed by atoms with Crippen LogP contribution in [0, 0.1) is 0 Å². The molecular weight excluding hydrogens is 286 g/mol. The highest BCUT2D eigenvalue weighted by Gasteiger charge is 2.36. The Morgan fingerprint density at radius 1 is 1.24 bits per heavy atom. The fourth-order valence-electron chi connectivity index (χ4n) is 2.55. The Morgan fingerprint density at radius 3 is 2.43 bits per heavy atom. The molecule has 21 heavy (non-hydrogen) atoms. The summed E-state index contributed by atoms with van der Waals surface area (Å²) in [6.45, 7) is 5.54. The Balaban J connectivity index is 2.16. The number of nitrogens with zero attached hydrogens (tertiary/aromatic N) is 1. The number of sulfone groups is 1. The third-order valence-electron chi connectivity index (χ3n) is 4.00. The number of rotatable bonds is 3. The minimum Gasteiger partial charge on any atom is -0.335 e. The minimum absolute atomic E-state index is 0.00821. The molecule has 0 saturated carbocycles. The van der Waals surface area contributed by atoms with Crippen LogP contribution in [0.2, 0.25) is 0 Å². The van der Waals surface area contributed by atoms with Gasteiger partial charge in [-0.15, -0.1) is 0 Å². The fraction of sp³-hybridized carbons (Fsp3) is 0.562. The summed E-state index contributed by atoms with van der Waals surface area (Å²) in [6, 6.07) is 9.83. The molecule has 0 N–H and O–H groups in total. The van der Waals surface area contributed by atoms with E-state index in [0.29, 0.717) is 6.54 Å². The molecule has 1 aromatic rings. The number of likely N-dealkylation sites (tertiary alicyclic amines) is 1. The molecule has 1 atom stereocenters. The maximum atomic E-state index is 12.4. The SMILES string of the molecule is CC(C)(C)S(=O)(=O)CC(=O)N1CCCC1c1ccccc1. The van der Waals surface area contributed by atoms with Crippen molar-refractivity contribution in [1.82, 2.24) is 4.90 Å². The van der Waals surface area contributed by atoms with Crippen molar-refractivity contribution >= 4 is 15.7 Å². The van der Waals surface area contributed by atoms with Gasteiger partial charge in [0.2, 0.25) is 5.91 Å². The molecule has 1 unspecified atom stereocenters. The van der Waals surface area contributed by atoms with E-state index in [-0.39, 0.29) is 11.9 Å². The van der Waals surface area contributed by atoms with Gasteiger partial charge in [0.05, 0.1) is 10.8 Å². The van der Waals surface area contributed by atoms with Crippen LogP contribution in [-0.2, 0) is 14.6 Å². The van der Waals surface area contributed by atoms with E-state index in [2.05, 4.69) is 0 Å². The summed E-state index contributed by atoms with van der Waals surface area (Å²) in [5.41, 5.74) is 1.08. The second-order valence-corrected chi connectivity index (χ2v) is 9.27. The van der Waals surface area contributed by atoms with E-state index in [9.17, 15) is 13.2 Å². The lowest BCUT2D eigenvalue weighted by Crippen LogP contribution is -2.40. The summed E-state index contributed by atoms with van der Waals surface area (Å²) in [5, 5.41) is 0. The lowest BCUT2D eigenvalue weighted by Gasteiger charge is -2.27. The summed E-state index contributed by atoms with van der Waals surface area (Å²) >= 11 is 0. The van der Waals surface area contributed by atoms with E-state index in [4.69, 9.17) is 0 Å². The second kappa shape index (κ2) is 5.79. The third kappa shape index (κ3) is 3.46. The quantitative estimate of drug-likeness (QED) is 0.862. The first-order chi connectivity index (χ1) is 9.72. The third-order valence-corrected chi connectivity index (χ3v) is 6.50. The molecule has 2 rings (SSSR count). The van der Waals surface area contributed by atoms with Gasteiger partial charge in [-0.1, -0.05) is 30.3 Å². The van der Waals surface area contributed by atoms with E-state index >= 15 is 0 Å². The number of benzene rings is 1. The van der Waals surface area contributed by atoms with Crippen LogP contribution < -0.4 is 0 Å². The highest BCUT2D eigenvalue weighted by molar-refractivity contribution is 7.93. The van der Waals surface area contributed by atoms with Gasteiger partial charge in [-0.3, -0.25) is 4.79 Å². The lowest BCUT2D eigenvalue weighted by molar-refractivity contribution is -0.129. The van der Waals surface area contributed by atoms with Crippen LogP contribution in [0.1, 0.15) is 45.2 Å². The van der Waals surface area contributed by atoms with Gasteiger partial charge in [-0.25, -0.2) is 8.42 Å². The van der Waals surface area contributed by atoms with Crippen molar-refractivity contribution < 1.29 is 13.2 Å².